The average Bonchev–Trinajstić information content (AvgIpc) is 2.56. The van der Waals surface area contributed by atoms with Crippen molar-refractivity contribution < 1.29 is 9.59 Å². The van der Waals surface area contributed by atoms with Gasteiger partial charge in [0.25, 0.3) is 5.91 Å². The van der Waals surface area contributed by atoms with Gasteiger partial charge < -0.3 is 15.5 Å². The lowest BCUT2D eigenvalue weighted by Crippen LogP contribution is -2.44. The first-order valence-corrected chi connectivity index (χ1v) is 9.24. The second-order valence-corrected chi connectivity index (χ2v) is 7.15. The lowest BCUT2D eigenvalue weighted by atomic mass is 10.0. The van der Waals surface area contributed by atoms with Gasteiger partial charge in [0.1, 0.15) is 0 Å². The maximum absolute atomic E-state index is 12.4. The van der Waals surface area contributed by atoms with Gasteiger partial charge in [-0.25, -0.2) is 0 Å². The molecule has 1 saturated heterocycles. The number of fused-ring (bicyclic) bond motifs is 1. The zero-order valence-electron chi connectivity index (χ0n) is 13.4. The Morgan fingerprint density at radius 1 is 1.39 bits per heavy atom. The van der Waals surface area contributed by atoms with Gasteiger partial charge >= 0.3 is 0 Å². The number of piperidine rings is 1. The van der Waals surface area contributed by atoms with Gasteiger partial charge in [-0.2, -0.15) is 0 Å². The number of likely N-dealkylation sites (tertiary alicyclic amines) is 1. The molecule has 5 nitrogen and oxygen atoms in total. The molecule has 0 unspecified atom stereocenters. The molecule has 2 amide bonds. The molecule has 6 heteroatoms. The van der Waals surface area contributed by atoms with Crippen molar-refractivity contribution in [2.45, 2.75) is 37.1 Å². The summed E-state index contributed by atoms with van der Waals surface area (Å²) < 4.78 is 0. The fourth-order valence-corrected chi connectivity index (χ4v) is 3.90. The third kappa shape index (κ3) is 4.06. The fourth-order valence-electron chi connectivity index (χ4n) is 3.11. The largest absolute Gasteiger partial charge is 0.349 e. The molecule has 2 aliphatic heterocycles. The molecule has 3 rings (SSSR count). The minimum absolute atomic E-state index is 0.0108. The van der Waals surface area contributed by atoms with Crippen LogP contribution in [-0.2, 0) is 4.79 Å². The van der Waals surface area contributed by atoms with E-state index in [9.17, 15) is 9.59 Å². The summed E-state index contributed by atoms with van der Waals surface area (Å²) >= 11 is 1.51. The van der Waals surface area contributed by atoms with E-state index < -0.39 is 0 Å². The molecule has 0 aliphatic carbocycles. The molecule has 2 aliphatic rings. The minimum Gasteiger partial charge on any atom is -0.349 e. The van der Waals surface area contributed by atoms with Crippen LogP contribution in [0.2, 0.25) is 0 Å². The van der Waals surface area contributed by atoms with Crippen molar-refractivity contribution >= 4 is 29.3 Å². The van der Waals surface area contributed by atoms with Gasteiger partial charge in [0.15, 0.2) is 0 Å². The normalized spacial score (nSPS) is 19.1. The quantitative estimate of drug-likeness (QED) is 0.888. The van der Waals surface area contributed by atoms with Crippen molar-refractivity contribution in [1.82, 2.24) is 10.2 Å². The average molecular weight is 333 g/mol. The molecule has 0 aromatic heterocycles. The molecule has 23 heavy (non-hydrogen) atoms. The highest BCUT2D eigenvalue weighted by Crippen LogP contribution is 2.32. The molecule has 124 valence electrons. The van der Waals surface area contributed by atoms with E-state index in [1.54, 1.807) is 6.07 Å². The topological polar surface area (TPSA) is 61.4 Å². The Labute approximate surface area is 141 Å². The van der Waals surface area contributed by atoms with Gasteiger partial charge in [-0.05, 0) is 44.0 Å². The van der Waals surface area contributed by atoms with E-state index in [0.29, 0.717) is 11.3 Å². The molecule has 0 saturated carbocycles. The predicted molar refractivity (Wildman–Crippen MR) is 93.0 cm³/mol. The Bertz CT molecular complexity index is 598. The lowest BCUT2D eigenvalue weighted by molar-refractivity contribution is -0.113. The first kappa shape index (κ1) is 16.3. The van der Waals surface area contributed by atoms with Crippen molar-refractivity contribution in [2.24, 2.45) is 0 Å². The molecule has 0 radical (unpaired) electrons. The molecule has 0 atom stereocenters. The smallest absolute Gasteiger partial charge is 0.251 e. The Kier molecular flexibility index (Phi) is 5.23. The molecular weight excluding hydrogens is 310 g/mol. The van der Waals surface area contributed by atoms with Crippen LogP contribution in [0, 0.1) is 0 Å². The van der Waals surface area contributed by atoms with Crippen LogP contribution in [-0.4, -0.2) is 48.1 Å². The van der Waals surface area contributed by atoms with Crippen molar-refractivity contribution in [3.8, 4) is 0 Å². The van der Waals surface area contributed by atoms with E-state index in [4.69, 9.17) is 0 Å². The maximum atomic E-state index is 12.4. The second kappa shape index (κ2) is 7.36. The van der Waals surface area contributed by atoms with Gasteiger partial charge in [0.2, 0.25) is 5.91 Å². The summed E-state index contributed by atoms with van der Waals surface area (Å²) in [7, 11) is 0. The number of carbonyl (C=O) groups is 2. The Hall–Kier alpha value is -1.53. The van der Waals surface area contributed by atoms with Crippen LogP contribution < -0.4 is 10.6 Å². The van der Waals surface area contributed by atoms with Crippen LogP contribution in [0.1, 0.15) is 36.5 Å². The molecule has 0 spiro atoms. The minimum atomic E-state index is -0.0495. The Morgan fingerprint density at radius 3 is 2.91 bits per heavy atom. The fraction of sp³-hybridized carbons (Fsp3) is 0.529. The summed E-state index contributed by atoms with van der Waals surface area (Å²) in [6, 6.07) is 5.78. The molecule has 0 bridgehead atoms. The molecule has 2 heterocycles. The van der Waals surface area contributed by atoms with E-state index in [1.807, 2.05) is 12.1 Å². The zero-order chi connectivity index (χ0) is 16.2. The van der Waals surface area contributed by atoms with Gasteiger partial charge in [0, 0.05) is 29.6 Å². The molecule has 1 aromatic rings. The number of amides is 2. The molecular formula is C17H23N3O2S. The number of hydrogen-bond donors (Lipinski definition) is 2. The third-order valence-electron chi connectivity index (χ3n) is 4.34. The summed E-state index contributed by atoms with van der Waals surface area (Å²) in [5, 5.41) is 5.96. The van der Waals surface area contributed by atoms with Crippen LogP contribution >= 0.6 is 11.8 Å². The van der Waals surface area contributed by atoms with E-state index in [0.717, 1.165) is 43.1 Å². The maximum Gasteiger partial charge on any atom is 0.251 e. The Balaban J connectivity index is 1.59. The molecule has 1 fully saturated rings. The summed E-state index contributed by atoms with van der Waals surface area (Å²) in [5.41, 5.74) is 1.36. The summed E-state index contributed by atoms with van der Waals surface area (Å²) in [5.74, 6) is 0.379. The van der Waals surface area contributed by atoms with Crippen LogP contribution in [0.15, 0.2) is 23.1 Å². The molecule has 1 aromatic carbocycles. The number of carbonyl (C=O) groups excluding carboxylic acids is 2. The van der Waals surface area contributed by atoms with Crippen molar-refractivity contribution in [2.75, 3.05) is 30.7 Å². The van der Waals surface area contributed by atoms with E-state index >= 15 is 0 Å². The highest BCUT2D eigenvalue weighted by Gasteiger charge is 2.22. The number of hydrogen-bond acceptors (Lipinski definition) is 4. The number of nitrogens with zero attached hydrogens (tertiary/aromatic N) is 1. The highest BCUT2D eigenvalue weighted by molar-refractivity contribution is 8.00. The van der Waals surface area contributed by atoms with E-state index in [2.05, 4.69) is 22.5 Å². The summed E-state index contributed by atoms with van der Waals surface area (Å²) in [6.45, 7) is 5.44. The number of anilines is 1. The van der Waals surface area contributed by atoms with Gasteiger partial charge in [-0.3, -0.25) is 9.59 Å². The highest BCUT2D eigenvalue weighted by atomic mass is 32.2. The van der Waals surface area contributed by atoms with Gasteiger partial charge in [-0.15, -0.1) is 11.8 Å². The third-order valence-corrected chi connectivity index (χ3v) is 5.41. The van der Waals surface area contributed by atoms with E-state index in [-0.39, 0.29) is 17.9 Å². The SMILES string of the molecule is CCCN1CCC(NC(=O)c2ccc3c(c2)NC(=O)CS3)CC1. The second-order valence-electron chi connectivity index (χ2n) is 6.14. The van der Waals surface area contributed by atoms with E-state index in [1.165, 1.54) is 18.2 Å². The van der Waals surface area contributed by atoms with Crippen molar-refractivity contribution in [1.29, 1.82) is 0 Å². The van der Waals surface area contributed by atoms with Crippen molar-refractivity contribution in [3.05, 3.63) is 23.8 Å². The number of rotatable bonds is 4. The van der Waals surface area contributed by atoms with Gasteiger partial charge in [0.05, 0.1) is 11.4 Å². The lowest BCUT2D eigenvalue weighted by Gasteiger charge is -2.32. The van der Waals surface area contributed by atoms with Crippen LogP contribution in [0.4, 0.5) is 5.69 Å². The summed E-state index contributed by atoms with van der Waals surface area (Å²) in [6.07, 6.45) is 3.18. The number of benzene rings is 1. The van der Waals surface area contributed by atoms with Gasteiger partial charge in [-0.1, -0.05) is 6.92 Å². The number of thioether (sulfide) groups is 1. The number of nitrogens with one attached hydrogen (secondary N) is 2. The standard InChI is InChI=1S/C17H23N3O2S/c1-2-7-20-8-5-13(6-9-20)18-17(22)12-3-4-15-14(10-12)19-16(21)11-23-15/h3-4,10,13H,2,5-9,11H2,1H3,(H,18,22)(H,19,21). The first-order chi connectivity index (χ1) is 11.2. The van der Waals surface area contributed by atoms with Crippen LogP contribution in [0.3, 0.4) is 0 Å². The Morgan fingerprint density at radius 2 is 2.17 bits per heavy atom. The van der Waals surface area contributed by atoms with Crippen LogP contribution in [0.5, 0.6) is 0 Å². The van der Waals surface area contributed by atoms with Crippen molar-refractivity contribution in [3.63, 3.8) is 0 Å². The monoisotopic (exact) mass is 333 g/mol. The predicted octanol–water partition coefficient (Wildman–Crippen LogP) is 2.33. The zero-order valence-corrected chi connectivity index (χ0v) is 14.2. The first-order valence-electron chi connectivity index (χ1n) is 8.25. The molecule has 2 N–H and O–H groups in total. The van der Waals surface area contributed by atoms with Crippen LogP contribution in [0.25, 0.3) is 0 Å². The summed E-state index contributed by atoms with van der Waals surface area (Å²) in [4.78, 5) is 27.4.